The molecular formula is C26H33N3O. The lowest BCUT2D eigenvalue weighted by Gasteiger charge is -2.23. The van der Waals surface area contributed by atoms with Gasteiger partial charge in [0.15, 0.2) is 0 Å². The van der Waals surface area contributed by atoms with E-state index in [2.05, 4.69) is 61.6 Å². The zero-order valence-corrected chi connectivity index (χ0v) is 18.8. The number of aromatic nitrogens is 1. The summed E-state index contributed by atoms with van der Waals surface area (Å²) in [6.45, 7) is 6.97. The van der Waals surface area contributed by atoms with E-state index in [1.165, 1.54) is 36.0 Å². The molecule has 3 aliphatic rings. The minimum absolute atomic E-state index is 0.354. The fourth-order valence-electron chi connectivity index (χ4n) is 5.22. The Morgan fingerprint density at radius 3 is 2.50 bits per heavy atom. The van der Waals surface area contributed by atoms with Crippen LogP contribution in [0.5, 0.6) is 5.75 Å². The van der Waals surface area contributed by atoms with Gasteiger partial charge in [-0.05, 0) is 108 Å². The van der Waals surface area contributed by atoms with Crippen LogP contribution in [0.15, 0.2) is 47.5 Å². The van der Waals surface area contributed by atoms with Crippen molar-refractivity contribution in [1.29, 1.82) is 0 Å². The normalized spacial score (nSPS) is 25.6. The molecule has 2 aromatic rings. The van der Waals surface area contributed by atoms with Gasteiger partial charge in [-0.2, -0.15) is 0 Å². The second-order valence-electron chi connectivity index (χ2n) is 8.72. The summed E-state index contributed by atoms with van der Waals surface area (Å²) in [5.74, 6) is 2.41. The van der Waals surface area contributed by atoms with Gasteiger partial charge in [0, 0.05) is 16.8 Å². The first kappa shape index (κ1) is 20.8. The van der Waals surface area contributed by atoms with Crippen LogP contribution in [0.1, 0.15) is 68.7 Å². The molecule has 1 fully saturated rings. The van der Waals surface area contributed by atoms with Crippen molar-refractivity contribution in [2.24, 2.45) is 4.99 Å². The Balaban J connectivity index is 0.000000687. The fourth-order valence-corrected chi connectivity index (χ4v) is 5.22. The minimum atomic E-state index is -0.354. The molecule has 4 nitrogen and oxygen atoms in total. The number of hydrogen-bond acceptors (Lipinski definition) is 4. The number of pyridine rings is 1. The third-order valence-corrected chi connectivity index (χ3v) is 6.40. The fraction of sp³-hybridized carbons (Fsp3) is 0.462. The first-order valence-electron chi connectivity index (χ1n) is 11.1. The average molecular weight is 404 g/mol. The van der Waals surface area contributed by atoms with Crippen molar-refractivity contribution >= 4 is 5.71 Å². The second-order valence-corrected chi connectivity index (χ2v) is 8.72. The Bertz CT molecular complexity index is 994. The Kier molecular flexibility index (Phi) is 5.79. The molecule has 158 valence electrons. The molecule has 0 amide bonds. The van der Waals surface area contributed by atoms with Crippen LogP contribution in [0.2, 0.25) is 0 Å². The van der Waals surface area contributed by atoms with Crippen LogP contribution in [0.25, 0.3) is 11.3 Å². The predicted octanol–water partition coefficient (Wildman–Crippen LogP) is 5.59. The second kappa shape index (κ2) is 8.35. The lowest BCUT2D eigenvalue weighted by molar-refractivity contribution is 0.334. The largest absolute Gasteiger partial charge is 0.494 e. The number of aliphatic imine (C=N–C) groups is 1. The quantitative estimate of drug-likeness (QED) is 0.723. The highest BCUT2D eigenvalue weighted by molar-refractivity contribution is 5.95. The van der Waals surface area contributed by atoms with Crippen LogP contribution in [-0.4, -0.2) is 31.4 Å². The number of ether oxygens (including phenoxy) is 1. The van der Waals surface area contributed by atoms with Crippen LogP contribution >= 0.6 is 0 Å². The Morgan fingerprint density at radius 2 is 1.83 bits per heavy atom. The monoisotopic (exact) mass is 403 g/mol. The van der Waals surface area contributed by atoms with E-state index in [1.54, 1.807) is 0 Å². The molecule has 1 N–H and O–H groups in total. The Morgan fingerprint density at radius 1 is 1.10 bits per heavy atom. The third kappa shape index (κ3) is 3.58. The molecule has 2 heterocycles. The molecule has 0 saturated heterocycles. The summed E-state index contributed by atoms with van der Waals surface area (Å²) in [5.41, 5.74) is 7.02. The molecular weight excluding hydrogens is 370 g/mol. The van der Waals surface area contributed by atoms with E-state index in [9.17, 15) is 0 Å². The van der Waals surface area contributed by atoms with Gasteiger partial charge in [0.25, 0.3) is 0 Å². The molecule has 0 spiro atoms. The van der Waals surface area contributed by atoms with Gasteiger partial charge in [-0.3, -0.25) is 4.99 Å². The average Bonchev–Trinajstić information content (AvgIpc) is 3.45. The van der Waals surface area contributed by atoms with Crippen molar-refractivity contribution in [3.8, 4) is 17.0 Å². The Hall–Kier alpha value is -2.46. The molecule has 3 atom stereocenters. The molecule has 30 heavy (non-hydrogen) atoms. The number of rotatable bonds is 4. The van der Waals surface area contributed by atoms with Crippen LogP contribution in [0.4, 0.5) is 0 Å². The molecule has 0 radical (unpaired) electrons. The number of allylic oxidation sites excluding steroid dienone is 1. The molecule has 1 saturated carbocycles. The topological polar surface area (TPSA) is 46.5 Å². The zero-order chi connectivity index (χ0) is 21.3. The predicted molar refractivity (Wildman–Crippen MR) is 125 cm³/mol. The highest BCUT2D eigenvalue weighted by Gasteiger charge is 2.41. The maximum atomic E-state index is 5.98. The van der Waals surface area contributed by atoms with E-state index in [1.807, 2.05) is 21.0 Å². The van der Waals surface area contributed by atoms with E-state index in [0.29, 0.717) is 11.8 Å². The molecule has 2 bridgehead atoms. The first-order valence-corrected chi connectivity index (χ1v) is 11.1. The zero-order valence-electron chi connectivity index (χ0n) is 18.8. The van der Waals surface area contributed by atoms with Crippen molar-refractivity contribution in [3.05, 3.63) is 59.3 Å². The SMILES string of the molecule is CCOc1ccc(-c2cccc(C3(C)C=CC(C)=N3)n2)c2c1C1CCC2C1.CNC. The summed E-state index contributed by atoms with van der Waals surface area (Å²) in [6, 6.07) is 10.7. The van der Waals surface area contributed by atoms with Crippen molar-refractivity contribution in [2.45, 2.75) is 57.4 Å². The lowest BCUT2D eigenvalue weighted by Crippen LogP contribution is -2.16. The first-order chi connectivity index (χ1) is 14.5. The number of fused-ring (bicyclic) bond motifs is 5. The van der Waals surface area contributed by atoms with E-state index in [0.717, 1.165) is 29.5 Å². The molecule has 1 aromatic heterocycles. The smallest absolute Gasteiger partial charge is 0.123 e. The van der Waals surface area contributed by atoms with Gasteiger partial charge in [0.1, 0.15) is 11.3 Å². The number of nitrogens with zero attached hydrogens (tertiary/aromatic N) is 2. The molecule has 1 aromatic carbocycles. The highest BCUT2D eigenvalue weighted by atomic mass is 16.5. The van der Waals surface area contributed by atoms with E-state index < -0.39 is 0 Å². The van der Waals surface area contributed by atoms with Gasteiger partial charge in [-0.15, -0.1) is 0 Å². The van der Waals surface area contributed by atoms with Gasteiger partial charge < -0.3 is 10.1 Å². The summed E-state index contributed by atoms with van der Waals surface area (Å²) < 4.78 is 5.98. The summed E-state index contributed by atoms with van der Waals surface area (Å²) in [4.78, 5) is 9.87. The third-order valence-electron chi connectivity index (χ3n) is 6.40. The summed E-state index contributed by atoms with van der Waals surface area (Å²) in [6.07, 6.45) is 8.10. The maximum Gasteiger partial charge on any atom is 0.123 e. The van der Waals surface area contributed by atoms with Gasteiger partial charge in [-0.1, -0.05) is 6.07 Å². The van der Waals surface area contributed by atoms with Gasteiger partial charge in [0.2, 0.25) is 0 Å². The highest BCUT2D eigenvalue weighted by Crippen LogP contribution is 2.58. The Labute approximate surface area is 180 Å². The summed E-state index contributed by atoms with van der Waals surface area (Å²) in [7, 11) is 3.75. The molecule has 4 heteroatoms. The number of benzene rings is 1. The molecule has 2 aliphatic carbocycles. The van der Waals surface area contributed by atoms with Crippen LogP contribution in [0.3, 0.4) is 0 Å². The van der Waals surface area contributed by atoms with Crippen LogP contribution in [0, 0.1) is 0 Å². The van der Waals surface area contributed by atoms with Crippen molar-refractivity contribution in [2.75, 3.05) is 20.7 Å². The summed E-state index contributed by atoms with van der Waals surface area (Å²) >= 11 is 0. The van der Waals surface area contributed by atoms with Crippen molar-refractivity contribution in [1.82, 2.24) is 10.3 Å². The van der Waals surface area contributed by atoms with Crippen molar-refractivity contribution < 1.29 is 4.74 Å². The van der Waals surface area contributed by atoms with Gasteiger partial charge in [-0.25, -0.2) is 4.98 Å². The number of hydrogen-bond donors (Lipinski definition) is 1. The van der Waals surface area contributed by atoms with Gasteiger partial charge >= 0.3 is 0 Å². The molecule has 1 aliphatic heterocycles. The molecule has 5 rings (SSSR count). The minimum Gasteiger partial charge on any atom is -0.494 e. The lowest BCUT2D eigenvalue weighted by atomic mass is 9.86. The van der Waals surface area contributed by atoms with Crippen LogP contribution in [-0.2, 0) is 5.54 Å². The standard InChI is InChI=1S/C24H26N2O.C2H7N/c1-4-27-20-11-10-18(22-16-8-9-17(14-16)23(20)22)19-6-5-7-21(25-19)24(3)13-12-15(2)26-24;1-3-2/h5-7,10-13,16-17H,4,8-9,14H2,1-3H3;3H,1-2H3. The van der Waals surface area contributed by atoms with E-state index in [-0.39, 0.29) is 5.54 Å². The van der Waals surface area contributed by atoms with Crippen LogP contribution < -0.4 is 10.1 Å². The summed E-state index contributed by atoms with van der Waals surface area (Å²) in [5, 5.41) is 2.75. The van der Waals surface area contributed by atoms with E-state index >= 15 is 0 Å². The maximum absolute atomic E-state index is 5.98. The van der Waals surface area contributed by atoms with Gasteiger partial charge in [0.05, 0.1) is 18.0 Å². The van der Waals surface area contributed by atoms with Crippen molar-refractivity contribution in [3.63, 3.8) is 0 Å². The molecule has 3 unspecified atom stereocenters. The van der Waals surface area contributed by atoms with E-state index in [4.69, 9.17) is 14.7 Å². The number of nitrogens with one attached hydrogen (secondary N) is 1.